The maximum absolute atomic E-state index is 12.0. The molecular formula is C9H15F3N4O2. The molecule has 0 saturated carbocycles. The maximum Gasteiger partial charge on any atom is 0.405 e. The lowest BCUT2D eigenvalue weighted by atomic mass is 10.2. The van der Waals surface area contributed by atoms with Gasteiger partial charge in [-0.05, 0) is 13.0 Å². The summed E-state index contributed by atoms with van der Waals surface area (Å²) in [5.74, 6) is -0.760. The van der Waals surface area contributed by atoms with E-state index in [1.165, 1.54) is 0 Å². The number of rotatable bonds is 4. The zero-order valence-electron chi connectivity index (χ0n) is 9.59. The van der Waals surface area contributed by atoms with Crippen molar-refractivity contribution in [3.63, 3.8) is 0 Å². The van der Waals surface area contributed by atoms with Crippen molar-refractivity contribution in [2.75, 3.05) is 26.2 Å². The van der Waals surface area contributed by atoms with Crippen LogP contribution in [0.5, 0.6) is 0 Å². The highest BCUT2D eigenvalue weighted by Crippen LogP contribution is 2.13. The molecule has 104 valence electrons. The van der Waals surface area contributed by atoms with Gasteiger partial charge in [0.05, 0.1) is 0 Å². The predicted molar refractivity (Wildman–Crippen MR) is 56.6 cm³/mol. The van der Waals surface area contributed by atoms with Gasteiger partial charge in [-0.25, -0.2) is 4.79 Å². The molecule has 1 aliphatic rings. The largest absolute Gasteiger partial charge is 0.405 e. The van der Waals surface area contributed by atoms with Crippen LogP contribution in [0.25, 0.3) is 0 Å². The Balaban J connectivity index is 2.58. The fourth-order valence-corrected chi connectivity index (χ4v) is 1.72. The number of carbonyl (C=O) groups is 2. The van der Waals surface area contributed by atoms with E-state index in [0.717, 1.165) is 4.90 Å². The molecule has 1 rings (SSSR count). The summed E-state index contributed by atoms with van der Waals surface area (Å²) < 4.78 is 35.9. The number of nitrogens with one attached hydrogen (secondary N) is 2. The van der Waals surface area contributed by atoms with E-state index in [1.54, 1.807) is 5.32 Å². The molecule has 0 bridgehead atoms. The molecule has 18 heavy (non-hydrogen) atoms. The Morgan fingerprint density at radius 1 is 1.44 bits per heavy atom. The van der Waals surface area contributed by atoms with Crippen LogP contribution in [0.4, 0.5) is 18.0 Å². The minimum atomic E-state index is -4.48. The van der Waals surface area contributed by atoms with Crippen molar-refractivity contribution in [2.24, 2.45) is 5.73 Å². The van der Waals surface area contributed by atoms with Gasteiger partial charge in [-0.1, -0.05) is 0 Å². The summed E-state index contributed by atoms with van der Waals surface area (Å²) in [4.78, 5) is 23.5. The number of amides is 3. The van der Waals surface area contributed by atoms with Crippen LogP contribution in [-0.2, 0) is 4.79 Å². The van der Waals surface area contributed by atoms with E-state index in [0.29, 0.717) is 19.5 Å². The molecule has 1 saturated heterocycles. The fraction of sp³-hybridized carbons (Fsp3) is 0.778. The lowest BCUT2D eigenvalue weighted by Crippen LogP contribution is -2.51. The zero-order valence-corrected chi connectivity index (χ0v) is 9.59. The molecule has 0 aromatic carbocycles. The lowest BCUT2D eigenvalue weighted by Gasteiger charge is -2.27. The second-order valence-electron chi connectivity index (χ2n) is 4.01. The Labute approximate surface area is 102 Å². The average molecular weight is 268 g/mol. The molecule has 9 heteroatoms. The summed E-state index contributed by atoms with van der Waals surface area (Å²) in [5.41, 5.74) is 4.98. The van der Waals surface area contributed by atoms with Crippen LogP contribution in [0.15, 0.2) is 0 Å². The summed E-state index contributed by atoms with van der Waals surface area (Å²) in [7, 11) is 0. The number of urea groups is 1. The smallest absolute Gasteiger partial charge is 0.368 e. The monoisotopic (exact) mass is 268 g/mol. The van der Waals surface area contributed by atoms with Crippen LogP contribution in [0.3, 0.4) is 0 Å². The average Bonchev–Trinajstić information content (AvgIpc) is 2.74. The van der Waals surface area contributed by atoms with Gasteiger partial charge in [-0.2, -0.15) is 13.2 Å². The van der Waals surface area contributed by atoms with Gasteiger partial charge in [0.1, 0.15) is 13.1 Å². The number of primary amides is 1. The molecule has 1 atom stereocenters. The molecule has 1 aliphatic heterocycles. The quantitative estimate of drug-likeness (QED) is 0.636. The molecule has 3 amide bonds. The minimum absolute atomic E-state index is 0.314. The third-order valence-corrected chi connectivity index (χ3v) is 2.50. The van der Waals surface area contributed by atoms with Crippen LogP contribution in [0, 0.1) is 0 Å². The highest BCUT2D eigenvalue weighted by molar-refractivity contribution is 5.83. The number of alkyl halides is 3. The first-order valence-electron chi connectivity index (χ1n) is 5.40. The van der Waals surface area contributed by atoms with E-state index in [1.807, 2.05) is 0 Å². The van der Waals surface area contributed by atoms with Gasteiger partial charge in [0.25, 0.3) is 0 Å². The fourth-order valence-electron chi connectivity index (χ4n) is 1.72. The molecule has 1 fully saturated rings. The molecule has 1 unspecified atom stereocenters. The van der Waals surface area contributed by atoms with Crippen molar-refractivity contribution in [2.45, 2.75) is 18.6 Å². The SMILES string of the molecule is NC(=O)CN(C(=O)NCC(F)(F)F)C1CCNC1. The second-order valence-corrected chi connectivity index (χ2v) is 4.01. The van der Waals surface area contributed by atoms with Crippen molar-refractivity contribution in [1.82, 2.24) is 15.5 Å². The molecule has 0 radical (unpaired) electrons. The van der Waals surface area contributed by atoms with Crippen LogP contribution in [0.2, 0.25) is 0 Å². The number of halogens is 3. The van der Waals surface area contributed by atoms with Crippen LogP contribution in [0.1, 0.15) is 6.42 Å². The van der Waals surface area contributed by atoms with Gasteiger partial charge in [0.2, 0.25) is 5.91 Å². The van der Waals surface area contributed by atoms with E-state index in [-0.39, 0.29) is 6.04 Å². The van der Waals surface area contributed by atoms with E-state index in [9.17, 15) is 22.8 Å². The Bertz CT molecular complexity index is 315. The normalized spacial score (nSPS) is 19.6. The second kappa shape index (κ2) is 5.89. The van der Waals surface area contributed by atoms with E-state index in [2.05, 4.69) is 5.32 Å². The van der Waals surface area contributed by atoms with Crippen molar-refractivity contribution in [3.05, 3.63) is 0 Å². The van der Waals surface area contributed by atoms with Gasteiger partial charge in [-0.3, -0.25) is 4.79 Å². The highest BCUT2D eigenvalue weighted by atomic mass is 19.4. The first kappa shape index (κ1) is 14.6. The minimum Gasteiger partial charge on any atom is -0.368 e. The standard InChI is InChI=1S/C9H15F3N4O2/c10-9(11,12)5-15-8(18)16(4-7(13)17)6-1-2-14-3-6/h6,14H,1-5H2,(H2,13,17)(H,15,18). The van der Waals surface area contributed by atoms with Gasteiger partial charge in [0.15, 0.2) is 0 Å². The molecular weight excluding hydrogens is 253 g/mol. The molecule has 0 aromatic rings. The van der Waals surface area contributed by atoms with Gasteiger partial charge in [0, 0.05) is 12.6 Å². The van der Waals surface area contributed by atoms with E-state index in [4.69, 9.17) is 5.73 Å². The first-order valence-corrected chi connectivity index (χ1v) is 5.40. The summed E-state index contributed by atoms with van der Waals surface area (Å²) >= 11 is 0. The highest BCUT2D eigenvalue weighted by Gasteiger charge is 2.32. The van der Waals surface area contributed by atoms with Crippen molar-refractivity contribution in [3.8, 4) is 0 Å². The Morgan fingerprint density at radius 2 is 2.11 bits per heavy atom. The third-order valence-electron chi connectivity index (χ3n) is 2.50. The molecule has 0 aliphatic carbocycles. The molecule has 1 heterocycles. The summed E-state index contributed by atoms with van der Waals surface area (Å²) in [6.07, 6.45) is -3.91. The molecule has 0 spiro atoms. The van der Waals surface area contributed by atoms with E-state index < -0.39 is 31.2 Å². The third kappa shape index (κ3) is 4.78. The van der Waals surface area contributed by atoms with Gasteiger partial charge < -0.3 is 21.3 Å². The van der Waals surface area contributed by atoms with Crippen LogP contribution in [-0.4, -0.2) is 55.2 Å². The molecule has 0 aromatic heterocycles. The van der Waals surface area contributed by atoms with E-state index >= 15 is 0 Å². The Morgan fingerprint density at radius 3 is 2.56 bits per heavy atom. The first-order chi connectivity index (χ1) is 8.29. The summed E-state index contributed by atoms with van der Waals surface area (Å²) in [6.45, 7) is -0.740. The van der Waals surface area contributed by atoms with Crippen molar-refractivity contribution in [1.29, 1.82) is 0 Å². The van der Waals surface area contributed by atoms with Crippen LogP contribution >= 0.6 is 0 Å². The van der Waals surface area contributed by atoms with Crippen LogP contribution < -0.4 is 16.4 Å². The Hall–Kier alpha value is -1.51. The summed E-state index contributed by atoms with van der Waals surface area (Å²) in [5, 5.41) is 4.69. The Kier molecular flexibility index (Phi) is 4.76. The number of nitrogens with two attached hydrogens (primary N) is 1. The zero-order chi connectivity index (χ0) is 13.8. The van der Waals surface area contributed by atoms with Gasteiger partial charge >= 0.3 is 12.2 Å². The van der Waals surface area contributed by atoms with Crippen molar-refractivity contribution < 1.29 is 22.8 Å². The predicted octanol–water partition coefficient (Wildman–Crippen LogP) is -0.593. The molecule has 4 N–H and O–H groups in total. The summed E-state index contributed by atoms with van der Waals surface area (Å²) in [6, 6.07) is -1.24. The number of nitrogens with zero attached hydrogens (tertiary/aromatic N) is 1. The van der Waals surface area contributed by atoms with Crippen molar-refractivity contribution >= 4 is 11.9 Å². The number of hydrogen-bond donors (Lipinski definition) is 3. The topological polar surface area (TPSA) is 87.5 Å². The number of hydrogen-bond acceptors (Lipinski definition) is 3. The maximum atomic E-state index is 12.0. The molecule has 6 nitrogen and oxygen atoms in total. The number of carbonyl (C=O) groups excluding carboxylic acids is 2. The van der Waals surface area contributed by atoms with Gasteiger partial charge in [-0.15, -0.1) is 0 Å². The lowest BCUT2D eigenvalue weighted by molar-refractivity contribution is -0.123.